The summed E-state index contributed by atoms with van der Waals surface area (Å²) >= 11 is 0. The molecule has 0 unspecified atom stereocenters. The number of likely N-dealkylation sites (tertiary alicyclic amines) is 2. The van der Waals surface area contributed by atoms with Crippen LogP contribution in [0.3, 0.4) is 0 Å². The van der Waals surface area contributed by atoms with E-state index < -0.39 is 10.0 Å². The standard InChI is InChI=1S/C26H44N6O3S/c1-20-24(28-19-29-25(20)27-18-21-8-6-4-5-7-9-21)26(33)32-16-12-23(13-17-32)31-14-10-22(11-15-31)30(2)36(3,34)35/h19,21-23H,4-18H2,1-3H3,(H,27,28,29). The number of aromatic nitrogens is 2. The summed E-state index contributed by atoms with van der Waals surface area (Å²) in [6.45, 7) is 6.12. The molecule has 1 saturated carbocycles. The fourth-order valence-electron chi connectivity index (χ4n) is 6.12. The molecule has 0 radical (unpaired) electrons. The van der Waals surface area contributed by atoms with Gasteiger partial charge in [-0.05, 0) is 64.5 Å². The number of sulfonamides is 1. The average Bonchev–Trinajstić information content (AvgIpc) is 3.16. The maximum absolute atomic E-state index is 13.4. The summed E-state index contributed by atoms with van der Waals surface area (Å²) in [7, 11) is -1.46. The third kappa shape index (κ3) is 6.75. The Labute approximate surface area is 217 Å². The van der Waals surface area contributed by atoms with Crippen molar-refractivity contribution < 1.29 is 13.2 Å². The first kappa shape index (κ1) is 27.3. The maximum atomic E-state index is 13.4. The molecule has 1 N–H and O–H groups in total. The quantitative estimate of drug-likeness (QED) is 0.552. The number of hydrogen-bond donors (Lipinski definition) is 1. The third-order valence-electron chi connectivity index (χ3n) is 8.62. The topological polar surface area (TPSA) is 98.7 Å². The van der Waals surface area contributed by atoms with Crippen LogP contribution in [-0.2, 0) is 10.0 Å². The second-order valence-electron chi connectivity index (χ2n) is 11.0. The Hall–Kier alpha value is -1.78. The summed E-state index contributed by atoms with van der Waals surface area (Å²) in [5.41, 5.74) is 1.35. The van der Waals surface area contributed by atoms with E-state index in [1.165, 1.54) is 55.4 Å². The summed E-state index contributed by atoms with van der Waals surface area (Å²) in [6.07, 6.45) is 14.2. The van der Waals surface area contributed by atoms with Crippen LogP contribution in [-0.4, -0.2) is 96.5 Å². The lowest BCUT2D eigenvalue weighted by atomic mass is 9.97. The number of nitrogens with zero attached hydrogens (tertiary/aromatic N) is 5. The van der Waals surface area contributed by atoms with Crippen molar-refractivity contribution in [1.82, 2.24) is 24.1 Å². The molecule has 1 aliphatic carbocycles. The molecule has 3 heterocycles. The van der Waals surface area contributed by atoms with E-state index in [1.807, 2.05) is 11.8 Å². The van der Waals surface area contributed by atoms with Gasteiger partial charge in [-0.2, -0.15) is 0 Å². The van der Waals surface area contributed by atoms with Gasteiger partial charge in [0.2, 0.25) is 10.0 Å². The van der Waals surface area contributed by atoms with Gasteiger partial charge in [-0.15, -0.1) is 0 Å². The predicted octanol–water partition coefficient (Wildman–Crippen LogP) is 3.13. The second-order valence-corrected chi connectivity index (χ2v) is 13.0. The van der Waals surface area contributed by atoms with Crippen LogP contribution in [0.25, 0.3) is 0 Å². The number of anilines is 1. The summed E-state index contributed by atoms with van der Waals surface area (Å²) in [6, 6.07) is 0.533. The van der Waals surface area contributed by atoms with Crippen LogP contribution >= 0.6 is 0 Å². The maximum Gasteiger partial charge on any atom is 0.272 e. The van der Waals surface area contributed by atoms with Gasteiger partial charge in [-0.3, -0.25) is 4.79 Å². The highest BCUT2D eigenvalue weighted by Gasteiger charge is 2.33. The lowest BCUT2D eigenvalue weighted by Crippen LogP contribution is -2.52. The van der Waals surface area contributed by atoms with Gasteiger partial charge in [0, 0.05) is 44.3 Å². The fourth-order valence-corrected chi connectivity index (χ4v) is 6.87. The Morgan fingerprint density at radius 2 is 1.64 bits per heavy atom. The van der Waals surface area contributed by atoms with E-state index in [0.717, 1.165) is 69.8 Å². The highest BCUT2D eigenvalue weighted by molar-refractivity contribution is 7.88. The van der Waals surface area contributed by atoms with E-state index in [2.05, 4.69) is 20.2 Å². The van der Waals surface area contributed by atoms with E-state index in [4.69, 9.17) is 0 Å². The van der Waals surface area contributed by atoms with Crippen molar-refractivity contribution in [3.8, 4) is 0 Å². The highest BCUT2D eigenvalue weighted by Crippen LogP contribution is 2.26. The molecule has 2 saturated heterocycles. The molecule has 10 heteroatoms. The smallest absolute Gasteiger partial charge is 0.272 e. The lowest BCUT2D eigenvalue weighted by Gasteiger charge is -2.43. The zero-order valence-corrected chi connectivity index (χ0v) is 23.1. The molecule has 0 spiro atoms. The Bertz CT molecular complexity index is 979. The molecule has 0 aromatic carbocycles. The third-order valence-corrected chi connectivity index (χ3v) is 9.97. The van der Waals surface area contributed by atoms with Crippen LogP contribution in [0.1, 0.15) is 80.3 Å². The number of piperidine rings is 2. The molecule has 3 aliphatic rings. The van der Waals surface area contributed by atoms with Gasteiger partial charge in [0.25, 0.3) is 5.91 Å². The van der Waals surface area contributed by atoms with Crippen molar-refractivity contribution in [1.29, 1.82) is 0 Å². The molecular weight excluding hydrogens is 476 g/mol. The minimum absolute atomic E-state index is 0.000600. The normalized spacial score (nSPS) is 22.1. The minimum Gasteiger partial charge on any atom is -0.369 e. The number of hydrogen-bond acceptors (Lipinski definition) is 7. The zero-order valence-electron chi connectivity index (χ0n) is 22.3. The van der Waals surface area contributed by atoms with Crippen molar-refractivity contribution in [2.45, 2.75) is 83.2 Å². The first-order valence-corrected chi connectivity index (χ1v) is 15.6. The highest BCUT2D eigenvalue weighted by atomic mass is 32.2. The lowest BCUT2D eigenvalue weighted by molar-refractivity contribution is 0.0542. The van der Waals surface area contributed by atoms with Crippen LogP contribution < -0.4 is 5.32 Å². The number of amides is 1. The zero-order chi connectivity index (χ0) is 25.7. The van der Waals surface area contributed by atoms with E-state index in [0.29, 0.717) is 17.7 Å². The first-order valence-electron chi connectivity index (χ1n) is 13.8. The van der Waals surface area contributed by atoms with Crippen molar-refractivity contribution in [3.05, 3.63) is 17.6 Å². The van der Waals surface area contributed by atoms with Crippen LogP contribution in [0, 0.1) is 12.8 Å². The largest absolute Gasteiger partial charge is 0.369 e. The summed E-state index contributed by atoms with van der Waals surface area (Å²) in [5, 5.41) is 3.51. The van der Waals surface area contributed by atoms with Gasteiger partial charge in [-0.25, -0.2) is 22.7 Å². The van der Waals surface area contributed by atoms with Crippen LogP contribution in [0.15, 0.2) is 6.33 Å². The summed E-state index contributed by atoms with van der Waals surface area (Å²) in [4.78, 5) is 26.6. The van der Waals surface area contributed by atoms with Gasteiger partial charge in [-0.1, -0.05) is 25.7 Å². The number of rotatable bonds is 7. The second kappa shape index (κ2) is 12.2. The molecule has 1 aromatic rings. The predicted molar refractivity (Wildman–Crippen MR) is 143 cm³/mol. The number of nitrogens with one attached hydrogen (secondary N) is 1. The Balaban J connectivity index is 1.28. The molecule has 0 bridgehead atoms. The van der Waals surface area contributed by atoms with Crippen molar-refractivity contribution in [3.63, 3.8) is 0 Å². The Kier molecular flexibility index (Phi) is 9.22. The van der Waals surface area contributed by atoms with Crippen LogP contribution in [0.4, 0.5) is 5.82 Å². The van der Waals surface area contributed by atoms with Crippen LogP contribution in [0.2, 0.25) is 0 Å². The molecule has 1 aromatic heterocycles. The Morgan fingerprint density at radius 1 is 1.00 bits per heavy atom. The van der Waals surface area contributed by atoms with Gasteiger partial charge in [0.1, 0.15) is 17.8 Å². The molecule has 1 amide bonds. The fraction of sp³-hybridized carbons (Fsp3) is 0.808. The average molecular weight is 521 g/mol. The minimum atomic E-state index is -3.15. The molecule has 3 fully saturated rings. The molecule has 36 heavy (non-hydrogen) atoms. The van der Waals surface area contributed by atoms with E-state index in [-0.39, 0.29) is 11.9 Å². The number of carbonyl (C=O) groups is 1. The van der Waals surface area contributed by atoms with Gasteiger partial charge < -0.3 is 15.1 Å². The van der Waals surface area contributed by atoms with Gasteiger partial charge in [0.05, 0.1) is 6.26 Å². The Morgan fingerprint density at radius 3 is 2.25 bits per heavy atom. The van der Waals surface area contributed by atoms with Crippen molar-refractivity contribution in [2.75, 3.05) is 51.3 Å². The molecule has 202 valence electrons. The number of carbonyl (C=O) groups excluding carboxylic acids is 1. The molecule has 4 rings (SSSR count). The van der Waals surface area contributed by atoms with Crippen molar-refractivity contribution in [2.24, 2.45) is 5.92 Å². The van der Waals surface area contributed by atoms with E-state index >= 15 is 0 Å². The SMILES string of the molecule is Cc1c(NCC2CCCCCC2)ncnc1C(=O)N1CCC(N2CCC(N(C)S(C)(=O)=O)CC2)CC1. The summed E-state index contributed by atoms with van der Waals surface area (Å²) < 4.78 is 25.2. The van der Waals surface area contributed by atoms with Gasteiger partial charge in [0.15, 0.2) is 0 Å². The molecular formula is C26H44N6O3S. The monoisotopic (exact) mass is 520 g/mol. The van der Waals surface area contributed by atoms with Crippen molar-refractivity contribution >= 4 is 21.7 Å². The molecule has 0 atom stereocenters. The summed E-state index contributed by atoms with van der Waals surface area (Å²) in [5.74, 6) is 1.46. The van der Waals surface area contributed by atoms with E-state index in [9.17, 15) is 13.2 Å². The van der Waals surface area contributed by atoms with E-state index in [1.54, 1.807) is 7.05 Å². The van der Waals surface area contributed by atoms with Crippen LogP contribution in [0.5, 0.6) is 0 Å². The van der Waals surface area contributed by atoms with Gasteiger partial charge >= 0.3 is 0 Å². The molecule has 9 nitrogen and oxygen atoms in total. The first-order chi connectivity index (χ1) is 17.2. The molecule has 2 aliphatic heterocycles.